The zero-order valence-electron chi connectivity index (χ0n) is 8.12. The predicted molar refractivity (Wildman–Crippen MR) is 51.4 cm³/mol. The molecule has 0 unspecified atom stereocenters. The van der Waals surface area contributed by atoms with E-state index >= 15 is 0 Å². The van der Waals surface area contributed by atoms with Crippen LogP contribution >= 0.6 is 0 Å². The van der Waals surface area contributed by atoms with Crippen molar-refractivity contribution in [3.8, 4) is 0 Å². The van der Waals surface area contributed by atoms with Crippen LogP contribution in [0.1, 0.15) is 32.6 Å². The Hall–Kier alpha value is -0.990. The number of allylic oxidation sites excluding steroid dienone is 1. The van der Waals surface area contributed by atoms with Crippen LogP contribution in [-0.4, -0.2) is 29.1 Å². The van der Waals surface area contributed by atoms with E-state index in [1.807, 2.05) is 0 Å². The van der Waals surface area contributed by atoms with E-state index in [0.29, 0.717) is 0 Å². The van der Waals surface area contributed by atoms with Gasteiger partial charge in [-0.1, -0.05) is 13.3 Å². The van der Waals surface area contributed by atoms with Gasteiger partial charge in [-0.2, -0.15) is 0 Å². The molecule has 1 aliphatic heterocycles. The molecule has 3 nitrogen and oxygen atoms in total. The molecule has 0 amide bonds. The van der Waals surface area contributed by atoms with Gasteiger partial charge in [-0.05, 0) is 19.3 Å². The Morgan fingerprint density at radius 1 is 1.46 bits per heavy atom. The highest BCUT2D eigenvalue weighted by atomic mass is 16.4. The molecule has 0 aromatic heterocycles. The molecule has 0 atom stereocenters. The first kappa shape index (κ1) is 10.1. The third-order valence-electron chi connectivity index (χ3n) is 2.31. The van der Waals surface area contributed by atoms with Crippen molar-refractivity contribution in [2.45, 2.75) is 32.6 Å². The van der Waals surface area contributed by atoms with E-state index in [-0.39, 0.29) is 0 Å². The molecule has 0 radical (unpaired) electrons. The topological polar surface area (TPSA) is 40.5 Å². The summed E-state index contributed by atoms with van der Waals surface area (Å²) < 4.78 is 0. The van der Waals surface area contributed by atoms with Crippen molar-refractivity contribution in [1.82, 2.24) is 4.90 Å². The summed E-state index contributed by atoms with van der Waals surface area (Å²) in [6, 6.07) is 0. The molecule has 3 heteroatoms. The van der Waals surface area contributed by atoms with E-state index in [2.05, 4.69) is 11.8 Å². The lowest BCUT2D eigenvalue weighted by Gasteiger charge is -2.20. The smallest absolute Gasteiger partial charge is 0.330 e. The summed E-state index contributed by atoms with van der Waals surface area (Å²) >= 11 is 0. The van der Waals surface area contributed by atoms with Gasteiger partial charge in [-0.3, -0.25) is 0 Å². The largest absolute Gasteiger partial charge is 0.478 e. The first-order valence-corrected chi connectivity index (χ1v) is 4.92. The third-order valence-corrected chi connectivity index (χ3v) is 2.31. The van der Waals surface area contributed by atoms with Crippen molar-refractivity contribution in [3.63, 3.8) is 0 Å². The van der Waals surface area contributed by atoms with Gasteiger partial charge in [-0.25, -0.2) is 4.79 Å². The predicted octanol–water partition coefficient (Wildman–Crippen LogP) is 1.85. The number of likely N-dealkylation sites (tertiary alicyclic amines) is 1. The molecule has 0 aliphatic carbocycles. The molecule has 1 rings (SSSR count). The molecule has 1 aliphatic rings. The van der Waals surface area contributed by atoms with Crippen molar-refractivity contribution in [2.24, 2.45) is 0 Å². The number of aliphatic carboxylic acids is 1. The molecule has 1 fully saturated rings. The number of hydrogen-bond acceptors (Lipinski definition) is 2. The molecule has 74 valence electrons. The van der Waals surface area contributed by atoms with Crippen molar-refractivity contribution < 1.29 is 9.90 Å². The van der Waals surface area contributed by atoms with Crippen LogP contribution in [-0.2, 0) is 4.79 Å². The summed E-state index contributed by atoms with van der Waals surface area (Å²) in [4.78, 5) is 12.7. The molecule has 1 saturated heterocycles. The van der Waals surface area contributed by atoms with Crippen LogP contribution in [0.4, 0.5) is 0 Å². The van der Waals surface area contributed by atoms with Crippen molar-refractivity contribution in [1.29, 1.82) is 0 Å². The summed E-state index contributed by atoms with van der Waals surface area (Å²) in [5.74, 6) is -0.824. The van der Waals surface area contributed by atoms with Crippen molar-refractivity contribution >= 4 is 5.97 Å². The van der Waals surface area contributed by atoms with Crippen LogP contribution in [0.2, 0.25) is 0 Å². The highest BCUT2D eigenvalue weighted by molar-refractivity contribution is 5.80. The van der Waals surface area contributed by atoms with Gasteiger partial charge in [-0.15, -0.1) is 0 Å². The second-order valence-electron chi connectivity index (χ2n) is 3.42. The first-order chi connectivity index (χ1) is 6.24. The van der Waals surface area contributed by atoms with Crippen LogP contribution in [0.5, 0.6) is 0 Å². The minimum atomic E-state index is -0.824. The minimum Gasteiger partial charge on any atom is -0.478 e. The second kappa shape index (κ2) is 4.90. The lowest BCUT2D eigenvalue weighted by atomic mass is 10.2. The molecule has 0 spiro atoms. The van der Waals surface area contributed by atoms with Gasteiger partial charge in [0.05, 0.1) is 0 Å². The van der Waals surface area contributed by atoms with Crippen molar-refractivity contribution in [2.75, 3.05) is 13.1 Å². The summed E-state index contributed by atoms with van der Waals surface area (Å²) in [5, 5.41) is 8.67. The quantitative estimate of drug-likeness (QED) is 0.676. The summed E-state index contributed by atoms with van der Waals surface area (Å²) in [7, 11) is 0. The Balaban J connectivity index is 2.60. The SMILES string of the molecule is CCCC(=CC(=O)O)N1CCCC1. The Bertz CT molecular complexity index is 205. The van der Waals surface area contributed by atoms with Gasteiger partial charge in [0, 0.05) is 24.9 Å². The van der Waals surface area contributed by atoms with Crippen LogP contribution in [0.3, 0.4) is 0 Å². The number of rotatable bonds is 4. The highest BCUT2D eigenvalue weighted by Crippen LogP contribution is 2.18. The molecule has 0 aromatic rings. The average Bonchev–Trinajstić information content (AvgIpc) is 2.54. The molecule has 0 saturated carbocycles. The zero-order chi connectivity index (χ0) is 9.68. The summed E-state index contributed by atoms with van der Waals surface area (Å²) in [6.07, 6.45) is 5.64. The Morgan fingerprint density at radius 3 is 2.54 bits per heavy atom. The third kappa shape index (κ3) is 3.09. The maximum Gasteiger partial charge on any atom is 0.330 e. The lowest BCUT2D eigenvalue weighted by molar-refractivity contribution is -0.131. The molecular formula is C10H17NO2. The van der Waals surface area contributed by atoms with E-state index in [1.165, 1.54) is 18.9 Å². The number of carbonyl (C=O) groups is 1. The van der Waals surface area contributed by atoms with E-state index in [4.69, 9.17) is 5.11 Å². The fraction of sp³-hybridized carbons (Fsp3) is 0.700. The van der Waals surface area contributed by atoms with Crippen LogP contribution in [0, 0.1) is 0 Å². The van der Waals surface area contributed by atoms with Gasteiger partial charge in [0.1, 0.15) is 0 Å². The normalized spacial score (nSPS) is 17.9. The minimum absolute atomic E-state index is 0.824. The highest BCUT2D eigenvalue weighted by Gasteiger charge is 2.14. The van der Waals surface area contributed by atoms with Crippen LogP contribution in [0.25, 0.3) is 0 Å². The van der Waals surface area contributed by atoms with E-state index < -0.39 is 5.97 Å². The Kier molecular flexibility index (Phi) is 3.80. The van der Waals surface area contributed by atoms with Gasteiger partial charge in [0.2, 0.25) is 0 Å². The summed E-state index contributed by atoms with van der Waals surface area (Å²) in [6.45, 7) is 4.13. The number of nitrogens with zero attached hydrogens (tertiary/aromatic N) is 1. The maximum absolute atomic E-state index is 10.5. The molecule has 0 bridgehead atoms. The molecule has 13 heavy (non-hydrogen) atoms. The lowest BCUT2D eigenvalue weighted by Crippen LogP contribution is -2.19. The number of hydrogen-bond donors (Lipinski definition) is 1. The van der Waals surface area contributed by atoms with Gasteiger partial charge >= 0.3 is 5.97 Å². The van der Waals surface area contributed by atoms with Crippen molar-refractivity contribution in [3.05, 3.63) is 11.8 Å². The fourth-order valence-electron chi connectivity index (χ4n) is 1.72. The average molecular weight is 183 g/mol. The Morgan fingerprint density at radius 2 is 2.08 bits per heavy atom. The van der Waals surface area contributed by atoms with Gasteiger partial charge < -0.3 is 10.0 Å². The maximum atomic E-state index is 10.5. The van der Waals surface area contributed by atoms with E-state index in [1.54, 1.807) is 0 Å². The van der Waals surface area contributed by atoms with Gasteiger partial charge in [0.25, 0.3) is 0 Å². The summed E-state index contributed by atoms with van der Waals surface area (Å²) in [5.41, 5.74) is 0.993. The zero-order valence-corrected chi connectivity index (χ0v) is 8.12. The monoisotopic (exact) mass is 183 g/mol. The molecule has 1 heterocycles. The van der Waals surface area contributed by atoms with Gasteiger partial charge in [0.15, 0.2) is 0 Å². The molecule has 1 N–H and O–H groups in total. The Labute approximate surface area is 79.0 Å². The molecule has 0 aromatic carbocycles. The first-order valence-electron chi connectivity index (χ1n) is 4.92. The van der Waals surface area contributed by atoms with E-state index in [0.717, 1.165) is 31.6 Å². The number of carboxylic acid groups (broad SMARTS) is 1. The molecular weight excluding hydrogens is 166 g/mol. The van der Waals surface area contributed by atoms with E-state index in [9.17, 15) is 4.79 Å². The standard InChI is InChI=1S/C10H17NO2/c1-2-5-9(8-10(12)13)11-6-3-4-7-11/h8H,2-7H2,1H3,(H,12,13). The fourth-order valence-corrected chi connectivity index (χ4v) is 1.72. The van der Waals surface area contributed by atoms with Crippen LogP contribution in [0.15, 0.2) is 11.8 Å². The number of carboxylic acids is 1. The van der Waals surface area contributed by atoms with Crippen LogP contribution < -0.4 is 0 Å². The second-order valence-corrected chi connectivity index (χ2v) is 3.42.